The van der Waals surface area contributed by atoms with Gasteiger partial charge in [-0.25, -0.2) is 0 Å². The van der Waals surface area contributed by atoms with E-state index in [0.717, 1.165) is 136 Å². The van der Waals surface area contributed by atoms with Gasteiger partial charge in [0.05, 0.1) is 90.6 Å². The van der Waals surface area contributed by atoms with Crippen molar-refractivity contribution in [3.63, 3.8) is 0 Å². The number of aliphatic hydroxyl groups excluding tert-OH is 1. The minimum Gasteiger partial charge on any atom is -0.411 e. The fraction of sp³-hybridized carbons (Fsp3) is 0.937. The smallest absolute Gasteiger partial charge is 0.192 e. The Labute approximate surface area is 482 Å². The first-order chi connectivity index (χ1) is 37.0. The van der Waals surface area contributed by atoms with Crippen molar-refractivity contribution in [2.45, 2.75) is 364 Å². The second-order valence-electron chi connectivity index (χ2n) is 26.4. The first-order valence-electron chi connectivity index (χ1n) is 32.7. The molecule has 0 aromatic carbocycles. The molecule has 0 saturated carbocycles. The molecule has 0 aromatic heterocycles. The summed E-state index contributed by atoms with van der Waals surface area (Å²) in [5, 5.41) is 9.61. The van der Waals surface area contributed by atoms with Crippen LogP contribution in [0.25, 0.3) is 0 Å². The van der Waals surface area contributed by atoms with E-state index in [1.165, 1.54) is 5.57 Å². The van der Waals surface area contributed by atoms with Crippen molar-refractivity contribution in [1.82, 2.24) is 0 Å². The van der Waals surface area contributed by atoms with Gasteiger partial charge in [0.1, 0.15) is 12.2 Å². The Balaban J connectivity index is 1.36. The molecule has 6 saturated heterocycles. The summed E-state index contributed by atoms with van der Waals surface area (Å²) in [6, 6.07) is 13.1. The highest BCUT2D eigenvalue weighted by atomic mass is 28.4. The van der Waals surface area contributed by atoms with E-state index in [1.807, 2.05) is 6.08 Å². The van der Waals surface area contributed by atoms with E-state index in [2.05, 4.69) is 138 Å². The minimum atomic E-state index is -2.13. The summed E-state index contributed by atoms with van der Waals surface area (Å²) in [4.78, 5) is 0. The molecule has 78 heavy (non-hydrogen) atoms. The minimum absolute atomic E-state index is 0.00561. The van der Waals surface area contributed by atoms with Crippen LogP contribution in [0.3, 0.4) is 0 Å². The van der Waals surface area contributed by atoms with Gasteiger partial charge in [-0.15, -0.1) is 0 Å². The van der Waals surface area contributed by atoms with E-state index in [0.29, 0.717) is 6.42 Å². The molecule has 0 aromatic rings. The van der Waals surface area contributed by atoms with Gasteiger partial charge in [0, 0.05) is 31.6 Å². The lowest BCUT2D eigenvalue weighted by Crippen LogP contribution is -2.66. The molecule has 0 amide bonds. The molecule has 6 fully saturated rings. The Kier molecular flexibility index (Phi) is 24.4. The molecule has 0 unspecified atom stereocenters. The SMILES string of the molecule is CC[Si](CC)(CC)O[C@H]1[C@H](C)[C@H](CC/C=C(C)/C(C)=C/CO)O[C@@H]2C[C@@H]3O[C@](C)(C[C@H]4C[C@H](O[Si](CC)(CC)CC)[C@@H]5O[C@@H]6C[C@H](O[Si](CC)(CC)CC)[C@@H](C)O[C@@]6(C)CC[C@H]5O4)[C@@H](O[Si](CC)(CC)CC)CC[C@@]3(C)O[C@@H]12. The lowest BCUT2D eigenvalue weighted by molar-refractivity contribution is -0.310. The van der Waals surface area contributed by atoms with Crippen molar-refractivity contribution in [3.05, 3.63) is 23.3 Å². The van der Waals surface area contributed by atoms with Gasteiger partial charge in [-0.3, -0.25) is 0 Å². The van der Waals surface area contributed by atoms with Gasteiger partial charge in [0.25, 0.3) is 0 Å². The van der Waals surface area contributed by atoms with Crippen molar-refractivity contribution in [2.75, 3.05) is 6.61 Å². The third-order valence-corrected chi connectivity index (χ3v) is 41.1. The molecule has 0 bridgehead atoms. The van der Waals surface area contributed by atoms with Gasteiger partial charge in [-0.1, -0.05) is 113 Å². The van der Waals surface area contributed by atoms with Crippen molar-refractivity contribution in [1.29, 1.82) is 0 Å². The predicted octanol–water partition coefficient (Wildman–Crippen LogP) is 15.8. The highest BCUT2D eigenvalue weighted by Gasteiger charge is 2.61. The maximum absolute atomic E-state index is 9.61. The first kappa shape index (κ1) is 67.0. The highest BCUT2D eigenvalue weighted by Crippen LogP contribution is 2.52. The number of allylic oxidation sites excluding steroid dienone is 3. The standard InChI is InChI=1S/C63H120O11Si4/c1-20-75(21-2,22-3)71-52-42-56-61(17,68-48(52)16)38-35-51-59(67-56)54(72-76(23-4,24-5)25-6)41-49(65-51)44-63(19)55(73-77(26-7,27-8)28-9)36-39-62(18)57(69-63)43-53-60(70-62)58(74-78(29-10,30-11)31-12)47(15)50(66-53)34-32-33-45(13)46(14)37-40-64/h33,37,47-60,64H,20-32,34-36,38-44H2,1-19H3/b45-33+,46-37+/t47-,48-,49-,50+,51-,52+,53-,54+,55+,56-,57+,58+,59-,60-,61+,62-,63-/m1/s1. The monoisotopic (exact) mass is 1160 g/mol. The maximum atomic E-state index is 9.61. The molecule has 6 rings (SSSR count). The zero-order valence-corrected chi connectivity index (χ0v) is 57.5. The summed E-state index contributed by atoms with van der Waals surface area (Å²) in [5.41, 5.74) is 0.637. The van der Waals surface area contributed by atoms with Crippen molar-refractivity contribution in [2.24, 2.45) is 5.92 Å². The Morgan fingerprint density at radius 1 is 0.538 bits per heavy atom. The molecule has 15 heteroatoms. The lowest BCUT2D eigenvalue weighted by Gasteiger charge is -2.56. The van der Waals surface area contributed by atoms with Gasteiger partial charge in [-0.05, 0) is 153 Å². The van der Waals surface area contributed by atoms with Gasteiger partial charge < -0.3 is 51.2 Å². The number of hydrogen-bond acceptors (Lipinski definition) is 11. The van der Waals surface area contributed by atoms with Crippen molar-refractivity contribution in [3.8, 4) is 0 Å². The van der Waals surface area contributed by atoms with Crippen LogP contribution >= 0.6 is 0 Å². The number of rotatable bonds is 27. The summed E-state index contributed by atoms with van der Waals surface area (Å²) >= 11 is 0. The molecule has 6 aliphatic rings. The van der Waals surface area contributed by atoms with Crippen LogP contribution in [0, 0.1) is 5.92 Å². The maximum Gasteiger partial charge on any atom is 0.192 e. The number of ether oxygens (including phenoxy) is 6. The highest BCUT2D eigenvalue weighted by molar-refractivity contribution is 6.74. The third kappa shape index (κ3) is 14.6. The molecule has 6 aliphatic heterocycles. The topological polar surface area (TPSA) is 113 Å². The van der Waals surface area contributed by atoms with Gasteiger partial charge >= 0.3 is 0 Å². The molecular formula is C63H120O11Si4. The normalized spacial score (nSPS) is 38.4. The lowest BCUT2D eigenvalue weighted by atomic mass is 9.78. The van der Waals surface area contributed by atoms with Crippen molar-refractivity contribution >= 4 is 33.3 Å². The van der Waals surface area contributed by atoms with Crippen molar-refractivity contribution < 1.29 is 51.2 Å². The van der Waals surface area contributed by atoms with E-state index in [9.17, 15) is 5.11 Å². The summed E-state index contributed by atoms with van der Waals surface area (Å²) in [6.45, 7) is 44.0. The average molecular weight is 1170 g/mol. The average Bonchev–Trinajstić information content (AvgIpc) is 3.73. The second-order valence-corrected chi connectivity index (χ2v) is 45.3. The number of aliphatic hydroxyl groups is 1. The number of fused-ring (bicyclic) bond motifs is 4. The third-order valence-electron chi connectivity index (χ3n) is 22.5. The molecule has 17 atom stereocenters. The van der Waals surface area contributed by atoms with Crippen LogP contribution in [-0.4, -0.2) is 141 Å². The Hall–Kier alpha value is -0.0925. The molecule has 0 radical (unpaired) electrons. The van der Waals surface area contributed by atoms with Crippen LogP contribution in [0.5, 0.6) is 0 Å². The molecule has 11 nitrogen and oxygen atoms in total. The van der Waals surface area contributed by atoms with Crippen LogP contribution in [0.1, 0.15) is 196 Å². The fourth-order valence-corrected chi connectivity index (χ4v) is 27.1. The summed E-state index contributed by atoms with van der Waals surface area (Å²) in [5.74, 6) is 0.162. The van der Waals surface area contributed by atoms with Crippen LogP contribution in [0.4, 0.5) is 0 Å². The number of hydrogen-bond donors (Lipinski definition) is 1. The molecule has 0 spiro atoms. The quantitative estimate of drug-likeness (QED) is 0.0627. The zero-order valence-electron chi connectivity index (χ0n) is 53.5. The van der Waals surface area contributed by atoms with Gasteiger partial charge in [0.15, 0.2) is 33.3 Å². The molecule has 1 N–H and O–H groups in total. The zero-order chi connectivity index (χ0) is 57.5. The molecular weight excluding hydrogens is 1050 g/mol. The Bertz CT molecular complexity index is 1880. The largest absolute Gasteiger partial charge is 0.411 e. The molecule has 0 aliphatic carbocycles. The van der Waals surface area contributed by atoms with E-state index < -0.39 is 50.1 Å². The van der Waals surface area contributed by atoms with Gasteiger partial charge in [0.2, 0.25) is 0 Å². The molecule has 454 valence electrons. The van der Waals surface area contributed by atoms with E-state index in [4.69, 9.17) is 46.1 Å². The van der Waals surface area contributed by atoms with Gasteiger partial charge in [-0.2, -0.15) is 0 Å². The second kappa shape index (κ2) is 28.4. The fourth-order valence-electron chi connectivity index (χ4n) is 15.4. The predicted molar refractivity (Wildman–Crippen MR) is 330 cm³/mol. The summed E-state index contributed by atoms with van der Waals surface area (Å²) in [6.07, 6.45) is 11.0. The Morgan fingerprint density at radius 3 is 1.62 bits per heavy atom. The van der Waals surface area contributed by atoms with Crippen LogP contribution in [0.2, 0.25) is 72.5 Å². The summed E-state index contributed by atoms with van der Waals surface area (Å²) in [7, 11) is -8.17. The van der Waals surface area contributed by atoms with Crippen LogP contribution in [0.15, 0.2) is 23.3 Å². The first-order valence-corrected chi connectivity index (χ1v) is 42.8. The van der Waals surface area contributed by atoms with Crippen LogP contribution < -0.4 is 0 Å². The summed E-state index contributed by atoms with van der Waals surface area (Å²) < 4.78 is 75.7. The van der Waals surface area contributed by atoms with Crippen LogP contribution in [-0.2, 0) is 46.1 Å². The van der Waals surface area contributed by atoms with E-state index >= 15 is 0 Å². The Morgan fingerprint density at radius 2 is 1.05 bits per heavy atom. The van der Waals surface area contributed by atoms with E-state index in [-0.39, 0.29) is 91.9 Å². The van der Waals surface area contributed by atoms with E-state index in [1.54, 1.807) is 0 Å². The molecule has 6 heterocycles.